The highest BCUT2D eigenvalue weighted by atomic mass is 19.1. The van der Waals surface area contributed by atoms with Gasteiger partial charge in [0.15, 0.2) is 0 Å². The number of hydrogen-bond acceptors (Lipinski definition) is 3. The highest BCUT2D eigenvalue weighted by Crippen LogP contribution is 2.19. The number of nitrogens with zero attached hydrogens (tertiary/aromatic N) is 1. The molecule has 1 aromatic rings. The lowest BCUT2D eigenvalue weighted by Crippen LogP contribution is -1.93. The third-order valence-electron chi connectivity index (χ3n) is 1.83. The van der Waals surface area contributed by atoms with E-state index >= 15 is 0 Å². The number of rotatable bonds is 3. The highest BCUT2D eigenvalue weighted by molar-refractivity contribution is 5.56. The van der Waals surface area contributed by atoms with E-state index in [0.717, 1.165) is 12.1 Å². The summed E-state index contributed by atoms with van der Waals surface area (Å²) in [5, 5.41) is 19.2. The molecule has 0 aromatic heterocycles. The molecule has 15 heavy (non-hydrogen) atoms. The van der Waals surface area contributed by atoms with Gasteiger partial charge in [-0.3, -0.25) is 10.1 Å². The molecule has 0 bridgehead atoms. The number of benzene rings is 1. The molecule has 0 aliphatic heterocycles. The number of aliphatic hydroxyl groups excluding tert-OH is 1. The lowest BCUT2D eigenvalue weighted by molar-refractivity contribution is -0.387. The summed E-state index contributed by atoms with van der Waals surface area (Å²) < 4.78 is 12.9. The van der Waals surface area contributed by atoms with E-state index in [4.69, 9.17) is 5.11 Å². The maximum atomic E-state index is 12.9. The fourth-order valence-corrected chi connectivity index (χ4v) is 1.09. The first-order chi connectivity index (χ1) is 7.04. The maximum Gasteiger partial charge on any atom is 0.305 e. The second-order valence-electron chi connectivity index (χ2n) is 3.12. The van der Waals surface area contributed by atoms with Gasteiger partial charge in [0, 0.05) is 6.07 Å². The van der Waals surface area contributed by atoms with Crippen LogP contribution in [0.5, 0.6) is 0 Å². The molecule has 0 saturated carbocycles. The largest absolute Gasteiger partial charge is 0.392 e. The second kappa shape index (κ2) is 4.65. The van der Waals surface area contributed by atoms with Gasteiger partial charge in [-0.15, -0.1) is 0 Å². The molecule has 0 unspecified atom stereocenters. The number of halogens is 1. The van der Waals surface area contributed by atoms with Crippen LogP contribution in [-0.4, -0.2) is 16.6 Å². The minimum absolute atomic E-state index is 0.134. The van der Waals surface area contributed by atoms with Gasteiger partial charge in [-0.1, -0.05) is 12.1 Å². The molecular formula is C10H10FNO3. The molecule has 4 nitrogen and oxygen atoms in total. The molecule has 0 radical (unpaired) electrons. The van der Waals surface area contributed by atoms with E-state index in [2.05, 4.69) is 0 Å². The predicted molar refractivity (Wildman–Crippen MR) is 53.8 cm³/mol. The fraction of sp³-hybridized carbons (Fsp3) is 0.200. The molecule has 0 aliphatic carbocycles. The van der Waals surface area contributed by atoms with Crippen molar-refractivity contribution >= 4 is 11.8 Å². The summed E-state index contributed by atoms with van der Waals surface area (Å²) in [6.45, 7) is 1.54. The van der Waals surface area contributed by atoms with Crippen LogP contribution in [0.2, 0.25) is 0 Å². The van der Waals surface area contributed by atoms with Crippen molar-refractivity contribution in [1.29, 1.82) is 0 Å². The Morgan fingerprint density at radius 2 is 2.33 bits per heavy atom. The Morgan fingerprint density at radius 1 is 1.67 bits per heavy atom. The number of nitro groups is 1. The standard InChI is InChI=1S/C10H10FNO3/c1-7(6-13)4-8-2-3-9(11)10(5-8)12(14)15/h2-5,13H,6H2,1H3/b7-4-. The van der Waals surface area contributed by atoms with E-state index in [-0.39, 0.29) is 6.61 Å². The van der Waals surface area contributed by atoms with Gasteiger partial charge in [-0.2, -0.15) is 4.39 Å². The van der Waals surface area contributed by atoms with Crippen molar-refractivity contribution in [1.82, 2.24) is 0 Å². The third kappa shape index (κ3) is 2.85. The van der Waals surface area contributed by atoms with Crippen molar-refractivity contribution in [3.8, 4) is 0 Å². The molecule has 0 amide bonds. The molecule has 0 atom stereocenters. The van der Waals surface area contributed by atoms with Gasteiger partial charge < -0.3 is 5.11 Å². The quantitative estimate of drug-likeness (QED) is 0.615. The van der Waals surface area contributed by atoms with Crippen LogP contribution in [0.15, 0.2) is 23.8 Å². The van der Waals surface area contributed by atoms with Crippen molar-refractivity contribution in [2.75, 3.05) is 6.61 Å². The van der Waals surface area contributed by atoms with Crippen LogP contribution < -0.4 is 0 Å². The Balaban J connectivity index is 3.13. The summed E-state index contributed by atoms with van der Waals surface area (Å²) in [6, 6.07) is 3.59. The molecular weight excluding hydrogens is 201 g/mol. The van der Waals surface area contributed by atoms with E-state index in [1.807, 2.05) is 0 Å². The summed E-state index contributed by atoms with van der Waals surface area (Å²) in [4.78, 5) is 9.65. The van der Waals surface area contributed by atoms with Crippen LogP contribution in [0.1, 0.15) is 12.5 Å². The smallest absolute Gasteiger partial charge is 0.305 e. The molecule has 80 valence electrons. The molecule has 0 heterocycles. The van der Waals surface area contributed by atoms with Crippen molar-refractivity contribution in [3.05, 3.63) is 45.3 Å². The first-order valence-electron chi connectivity index (χ1n) is 4.26. The molecule has 0 aliphatic rings. The predicted octanol–water partition coefficient (Wildman–Crippen LogP) is 2.13. The van der Waals surface area contributed by atoms with Crippen molar-refractivity contribution in [2.24, 2.45) is 0 Å². The number of aliphatic hydroxyl groups is 1. The van der Waals surface area contributed by atoms with E-state index in [1.165, 1.54) is 6.07 Å². The van der Waals surface area contributed by atoms with Crippen LogP contribution in [-0.2, 0) is 0 Å². The minimum Gasteiger partial charge on any atom is -0.392 e. The molecule has 0 fully saturated rings. The van der Waals surface area contributed by atoms with E-state index in [9.17, 15) is 14.5 Å². The summed E-state index contributed by atoms with van der Waals surface area (Å²) in [5.74, 6) is -0.862. The molecule has 1 aromatic carbocycles. The zero-order valence-corrected chi connectivity index (χ0v) is 8.11. The summed E-state index contributed by atoms with van der Waals surface area (Å²) in [7, 11) is 0. The summed E-state index contributed by atoms with van der Waals surface area (Å²) >= 11 is 0. The Bertz CT molecular complexity index is 415. The minimum atomic E-state index is -0.862. The maximum absolute atomic E-state index is 12.9. The van der Waals surface area contributed by atoms with Crippen molar-refractivity contribution in [2.45, 2.75) is 6.92 Å². The highest BCUT2D eigenvalue weighted by Gasteiger charge is 2.13. The Kier molecular flexibility index (Phi) is 3.51. The zero-order chi connectivity index (χ0) is 11.4. The molecule has 0 spiro atoms. The fourth-order valence-electron chi connectivity index (χ4n) is 1.09. The van der Waals surface area contributed by atoms with E-state index in [1.54, 1.807) is 13.0 Å². The summed E-state index contributed by atoms with van der Waals surface area (Å²) in [5.41, 5.74) is 0.583. The Morgan fingerprint density at radius 3 is 2.87 bits per heavy atom. The number of nitro benzene ring substituents is 1. The van der Waals surface area contributed by atoms with E-state index < -0.39 is 16.4 Å². The SMILES string of the molecule is C/C(=C/c1ccc(F)c([N+](=O)[O-])c1)CO. The topological polar surface area (TPSA) is 63.4 Å². The van der Waals surface area contributed by atoms with E-state index in [0.29, 0.717) is 11.1 Å². The average molecular weight is 211 g/mol. The molecule has 1 N–H and O–H groups in total. The van der Waals surface area contributed by atoms with Gasteiger partial charge >= 0.3 is 5.69 Å². The van der Waals surface area contributed by atoms with Crippen LogP contribution in [0.4, 0.5) is 10.1 Å². The van der Waals surface area contributed by atoms with Gasteiger partial charge in [-0.05, 0) is 24.1 Å². The van der Waals surface area contributed by atoms with Crippen molar-refractivity contribution in [3.63, 3.8) is 0 Å². The molecule has 0 saturated heterocycles. The van der Waals surface area contributed by atoms with Crippen LogP contribution in [0, 0.1) is 15.9 Å². The first kappa shape index (κ1) is 11.3. The van der Waals surface area contributed by atoms with Gasteiger partial charge in [-0.25, -0.2) is 0 Å². The lowest BCUT2D eigenvalue weighted by atomic mass is 10.1. The Hall–Kier alpha value is -1.75. The number of hydrogen-bond donors (Lipinski definition) is 1. The zero-order valence-electron chi connectivity index (χ0n) is 8.11. The van der Waals surface area contributed by atoms with Crippen molar-refractivity contribution < 1.29 is 14.4 Å². The lowest BCUT2D eigenvalue weighted by Gasteiger charge is -1.98. The van der Waals surface area contributed by atoms with Gasteiger partial charge in [0.2, 0.25) is 5.82 Å². The monoisotopic (exact) mass is 211 g/mol. The normalized spacial score (nSPS) is 11.5. The van der Waals surface area contributed by atoms with Gasteiger partial charge in [0.25, 0.3) is 0 Å². The van der Waals surface area contributed by atoms with Gasteiger partial charge in [0.05, 0.1) is 11.5 Å². The van der Waals surface area contributed by atoms with Crippen LogP contribution >= 0.6 is 0 Å². The first-order valence-corrected chi connectivity index (χ1v) is 4.26. The van der Waals surface area contributed by atoms with Crippen LogP contribution in [0.25, 0.3) is 6.08 Å². The van der Waals surface area contributed by atoms with Gasteiger partial charge in [0.1, 0.15) is 0 Å². The second-order valence-corrected chi connectivity index (χ2v) is 3.12. The molecule has 1 rings (SSSR count). The third-order valence-corrected chi connectivity index (χ3v) is 1.83. The van der Waals surface area contributed by atoms with Crippen LogP contribution in [0.3, 0.4) is 0 Å². The Labute approximate surface area is 85.8 Å². The molecule has 5 heteroatoms. The average Bonchev–Trinajstić information content (AvgIpc) is 2.20. The summed E-state index contributed by atoms with van der Waals surface area (Å²) in [6.07, 6.45) is 1.56.